The van der Waals surface area contributed by atoms with Crippen LogP contribution < -0.4 is 14.8 Å². The van der Waals surface area contributed by atoms with Crippen LogP contribution in [0, 0.1) is 11.3 Å². The second-order valence-corrected chi connectivity index (χ2v) is 8.82. The number of carbonyl (C=O) groups excluding carboxylic acids is 1. The molecular formula is C30H23BrN2O3. The molecule has 4 aromatic rings. The van der Waals surface area contributed by atoms with Crippen molar-refractivity contribution in [3.63, 3.8) is 0 Å². The van der Waals surface area contributed by atoms with Gasteiger partial charge in [-0.15, -0.1) is 0 Å². The van der Waals surface area contributed by atoms with Crippen LogP contribution in [-0.4, -0.2) is 5.91 Å². The van der Waals surface area contributed by atoms with Crippen LogP contribution in [0.5, 0.6) is 11.5 Å². The van der Waals surface area contributed by atoms with Crippen LogP contribution in [0.2, 0.25) is 0 Å². The number of nitrogens with zero attached hydrogens (tertiary/aromatic N) is 1. The van der Waals surface area contributed by atoms with E-state index in [0.29, 0.717) is 30.4 Å². The van der Waals surface area contributed by atoms with Crippen molar-refractivity contribution in [1.82, 2.24) is 0 Å². The molecule has 0 aliphatic carbocycles. The maximum Gasteiger partial charge on any atom is 0.266 e. The van der Waals surface area contributed by atoms with E-state index in [4.69, 9.17) is 9.47 Å². The van der Waals surface area contributed by atoms with E-state index in [1.807, 2.05) is 84.9 Å². The molecule has 1 N–H and O–H groups in total. The van der Waals surface area contributed by atoms with Gasteiger partial charge in [0.05, 0.1) is 0 Å². The van der Waals surface area contributed by atoms with E-state index in [0.717, 1.165) is 21.2 Å². The van der Waals surface area contributed by atoms with Crippen molar-refractivity contribution in [2.24, 2.45) is 0 Å². The molecule has 36 heavy (non-hydrogen) atoms. The molecule has 178 valence electrons. The van der Waals surface area contributed by atoms with Gasteiger partial charge in [-0.25, -0.2) is 0 Å². The van der Waals surface area contributed by atoms with Gasteiger partial charge in [0.2, 0.25) is 0 Å². The van der Waals surface area contributed by atoms with E-state index in [-0.39, 0.29) is 5.57 Å². The van der Waals surface area contributed by atoms with Gasteiger partial charge in [0.15, 0.2) is 0 Å². The quantitative estimate of drug-likeness (QED) is 0.181. The van der Waals surface area contributed by atoms with Crippen LogP contribution in [0.4, 0.5) is 5.69 Å². The monoisotopic (exact) mass is 538 g/mol. The number of hydrogen-bond acceptors (Lipinski definition) is 4. The largest absolute Gasteiger partial charge is 0.489 e. The number of anilines is 1. The van der Waals surface area contributed by atoms with Crippen molar-refractivity contribution >= 4 is 33.6 Å². The van der Waals surface area contributed by atoms with E-state index in [2.05, 4.69) is 21.2 Å². The van der Waals surface area contributed by atoms with Crippen molar-refractivity contribution in [3.8, 4) is 17.6 Å². The normalized spacial score (nSPS) is 10.8. The summed E-state index contributed by atoms with van der Waals surface area (Å²) in [6.45, 7) is 0.909. The van der Waals surface area contributed by atoms with E-state index in [9.17, 15) is 10.1 Å². The van der Waals surface area contributed by atoms with Crippen LogP contribution in [0.1, 0.15) is 16.7 Å². The highest BCUT2D eigenvalue weighted by atomic mass is 79.9. The number of nitriles is 1. The molecular weight excluding hydrogens is 516 g/mol. The Labute approximate surface area is 218 Å². The third-order valence-corrected chi connectivity index (χ3v) is 5.76. The zero-order chi connectivity index (χ0) is 25.2. The minimum atomic E-state index is -0.481. The Morgan fingerprint density at radius 2 is 1.33 bits per heavy atom. The molecule has 0 unspecified atom stereocenters. The predicted octanol–water partition coefficient (Wildman–Crippen LogP) is 7.15. The summed E-state index contributed by atoms with van der Waals surface area (Å²) in [5.74, 6) is 0.911. The maximum absolute atomic E-state index is 12.6. The lowest BCUT2D eigenvalue weighted by atomic mass is 10.1. The molecule has 0 radical (unpaired) electrons. The number of hydrogen-bond donors (Lipinski definition) is 1. The van der Waals surface area contributed by atoms with Crippen molar-refractivity contribution in [2.75, 3.05) is 5.32 Å². The number of carbonyl (C=O) groups is 1. The molecule has 0 saturated carbocycles. The molecule has 0 fully saturated rings. The second-order valence-electron chi connectivity index (χ2n) is 7.91. The Morgan fingerprint density at radius 1 is 0.778 bits per heavy atom. The highest BCUT2D eigenvalue weighted by Crippen LogP contribution is 2.20. The van der Waals surface area contributed by atoms with Crippen LogP contribution in [0.3, 0.4) is 0 Å². The number of halogens is 1. The van der Waals surface area contributed by atoms with Gasteiger partial charge in [0.25, 0.3) is 5.91 Å². The summed E-state index contributed by atoms with van der Waals surface area (Å²) in [6.07, 6.45) is 1.55. The van der Waals surface area contributed by atoms with Gasteiger partial charge in [-0.3, -0.25) is 4.79 Å². The minimum absolute atomic E-state index is 0.00326. The zero-order valence-electron chi connectivity index (χ0n) is 19.4. The summed E-state index contributed by atoms with van der Waals surface area (Å²) >= 11 is 3.41. The Bertz CT molecular complexity index is 1360. The third-order valence-electron chi connectivity index (χ3n) is 5.24. The molecule has 0 saturated heterocycles. The second kappa shape index (κ2) is 12.4. The van der Waals surface area contributed by atoms with E-state index in [1.54, 1.807) is 30.3 Å². The molecule has 0 heterocycles. The molecule has 0 bridgehead atoms. The summed E-state index contributed by atoms with van der Waals surface area (Å²) < 4.78 is 12.6. The van der Waals surface area contributed by atoms with Crippen molar-refractivity contribution in [2.45, 2.75) is 13.2 Å². The number of benzene rings is 4. The number of amides is 1. The van der Waals surface area contributed by atoms with Gasteiger partial charge in [-0.1, -0.05) is 70.5 Å². The predicted molar refractivity (Wildman–Crippen MR) is 144 cm³/mol. The zero-order valence-corrected chi connectivity index (χ0v) is 20.9. The minimum Gasteiger partial charge on any atom is -0.489 e. The van der Waals surface area contributed by atoms with Gasteiger partial charge in [0, 0.05) is 10.2 Å². The summed E-state index contributed by atoms with van der Waals surface area (Å²) in [4.78, 5) is 12.6. The van der Waals surface area contributed by atoms with Crippen LogP contribution in [-0.2, 0) is 18.0 Å². The standard InChI is InChI=1S/C30H23BrN2O3/c31-26-10-6-24(7-11-26)21-36-29-16-12-27(13-17-29)33-30(34)25(19-32)18-22-8-14-28(15-9-22)35-20-23-4-2-1-3-5-23/h1-18H,20-21H2,(H,33,34)/b25-18+. The average Bonchev–Trinajstić information content (AvgIpc) is 2.92. The van der Waals surface area contributed by atoms with Gasteiger partial charge in [0.1, 0.15) is 36.4 Å². The molecule has 0 aromatic heterocycles. The fourth-order valence-electron chi connectivity index (χ4n) is 3.30. The molecule has 0 atom stereocenters. The molecule has 0 spiro atoms. The lowest BCUT2D eigenvalue weighted by Crippen LogP contribution is -2.13. The summed E-state index contributed by atoms with van der Waals surface area (Å²) in [5.41, 5.74) is 3.43. The fourth-order valence-corrected chi connectivity index (χ4v) is 3.56. The molecule has 6 heteroatoms. The molecule has 0 aliphatic heterocycles. The molecule has 0 aliphatic rings. The Kier molecular flexibility index (Phi) is 8.53. The maximum atomic E-state index is 12.6. The Balaban J connectivity index is 1.31. The highest BCUT2D eigenvalue weighted by molar-refractivity contribution is 9.10. The summed E-state index contributed by atoms with van der Waals surface area (Å²) in [7, 11) is 0. The van der Waals surface area contributed by atoms with Crippen LogP contribution in [0.15, 0.2) is 113 Å². The van der Waals surface area contributed by atoms with E-state index < -0.39 is 5.91 Å². The van der Waals surface area contributed by atoms with Gasteiger partial charge < -0.3 is 14.8 Å². The number of ether oxygens (including phenoxy) is 2. The van der Waals surface area contributed by atoms with Crippen LogP contribution >= 0.6 is 15.9 Å². The lowest BCUT2D eigenvalue weighted by molar-refractivity contribution is -0.112. The van der Waals surface area contributed by atoms with Gasteiger partial charge in [-0.05, 0) is 71.3 Å². The first-order valence-electron chi connectivity index (χ1n) is 11.3. The van der Waals surface area contributed by atoms with Crippen molar-refractivity contribution < 1.29 is 14.3 Å². The number of nitrogens with one attached hydrogen (secondary N) is 1. The molecule has 4 aromatic carbocycles. The first kappa shape index (κ1) is 24.8. The summed E-state index contributed by atoms with van der Waals surface area (Å²) in [6, 6.07) is 34.0. The number of rotatable bonds is 9. The van der Waals surface area contributed by atoms with E-state index >= 15 is 0 Å². The Hall–Kier alpha value is -4.34. The van der Waals surface area contributed by atoms with Crippen molar-refractivity contribution in [3.05, 3.63) is 130 Å². The topological polar surface area (TPSA) is 71.3 Å². The smallest absolute Gasteiger partial charge is 0.266 e. The van der Waals surface area contributed by atoms with Crippen LogP contribution in [0.25, 0.3) is 6.08 Å². The first-order chi connectivity index (χ1) is 17.6. The highest BCUT2D eigenvalue weighted by Gasteiger charge is 2.10. The summed E-state index contributed by atoms with van der Waals surface area (Å²) in [5, 5.41) is 12.3. The average molecular weight is 539 g/mol. The Morgan fingerprint density at radius 3 is 1.92 bits per heavy atom. The van der Waals surface area contributed by atoms with E-state index in [1.165, 1.54) is 0 Å². The van der Waals surface area contributed by atoms with Crippen molar-refractivity contribution in [1.29, 1.82) is 5.26 Å². The fraction of sp³-hybridized carbons (Fsp3) is 0.0667. The third kappa shape index (κ3) is 7.33. The van der Waals surface area contributed by atoms with Gasteiger partial charge in [-0.2, -0.15) is 5.26 Å². The van der Waals surface area contributed by atoms with Gasteiger partial charge >= 0.3 is 0 Å². The molecule has 4 rings (SSSR count). The first-order valence-corrected chi connectivity index (χ1v) is 12.1. The molecule has 1 amide bonds. The SMILES string of the molecule is N#C/C(=C\c1ccc(OCc2ccccc2)cc1)C(=O)Nc1ccc(OCc2ccc(Br)cc2)cc1. The molecule has 5 nitrogen and oxygen atoms in total. The lowest BCUT2D eigenvalue weighted by Gasteiger charge is -2.09.